The number of hydrogen-bond acceptors (Lipinski definition) is 3. The van der Waals surface area contributed by atoms with Gasteiger partial charge in [-0.15, -0.1) is 0 Å². The third-order valence-electron chi connectivity index (χ3n) is 2.87. The van der Waals surface area contributed by atoms with Crippen molar-refractivity contribution in [2.24, 2.45) is 0 Å². The number of aryl methyl sites for hydroxylation is 1. The number of rotatable bonds is 5. The van der Waals surface area contributed by atoms with Crippen molar-refractivity contribution in [1.29, 1.82) is 0 Å². The molecule has 108 valence electrons. The highest BCUT2D eigenvalue weighted by atomic mass is 32.2. The molecule has 0 aliphatic carbocycles. The van der Waals surface area contributed by atoms with Gasteiger partial charge in [0, 0.05) is 12.5 Å². The zero-order chi connectivity index (χ0) is 14.8. The first-order valence-corrected chi connectivity index (χ1v) is 7.67. The fourth-order valence-corrected chi connectivity index (χ4v) is 3.48. The fraction of sp³-hybridized carbons (Fsp3) is 0.286. The molecule has 0 aliphatic rings. The molecule has 1 atom stereocenters. The summed E-state index contributed by atoms with van der Waals surface area (Å²) in [6.45, 7) is 3.31. The summed E-state index contributed by atoms with van der Waals surface area (Å²) in [6, 6.07) is 6.82. The standard InChI is InChI=1S/C14H16FNO3S/c1-10-8-12(15)5-6-14(10)20(17,18)16-11(2)9-13-4-3-7-19-13/h3-8,11,16H,9H2,1-2H3. The molecule has 0 spiro atoms. The second-order valence-electron chi connectivity index (χ2n) is 4.72. The quantitative estimate of drug-likeness (QED) is 0.923. The second-order valence-corrected chi connectivity index (χ2v) is 6.40. The summed E-state index contributed by atoms with van der Waals surface area (Å²) in [5, 5.41) is 0. The molecule has 0 aliphatic heterocycles. The van der Waals surface area contributed by atoms with Crippen molar-refractivity contribution in [2.75, 3.05) is 0 Å². The largest absolute Gasteiger partial charge is 0.469 e. The van der Waals surface area contributed by atoms with Crippen LogP contribution in [0.25, 0.3) is 0 Å². The van der Waals surface area contributed by atoms with Gasteiger partial charge in [-0.25, -0.2) is 17.5 Å². The van der Waals surface area contributed by atoms with Gasteiger partial charge in [0.2, 0.25) is 10.0 Å². The highest BCUT2D eigenvalue weighted by Gasteiger charge is 2.20. The van der Waals surface area contributed by atoms with E-state index in [4.69, 9.17) is 4.42 Å². The Bertz CT molecular complexity index is 680. The number of furan rings is 1. The molecule has 4 nitrogen and oxygen atoms in total. The Kier molecular flexibility index (Phi) is 4.25. The molecule has 0 radical (unpaired) electrons. The predicted octanol–water partition coefficient (Wildman–Crippen LogP) is 2.64. The minimum absolute atomic E-state index is 0.0881. The number of benzene rings is 1. The Balaban J connectivity index is 2.14. The highest BCUT2D eigenvalue weighted by Crippen LogP contribution is 2.17. The summed E-state index contributed by atoms with van der Waals surface area (Å²) in [5.74, 6) is 0.251. The summed E-state index contributed by atoms with van der Waals surface area (Å²) in [7, 11) is -3.67. The van der Waals surface area contributed by atoms with E-state index in [2.05, 4.69) is 4.72 Å². The van der Waals surface area contributed by atoms with Crippen molar-refractivity contribution in [3.05, 3.63) is 53.7 Å². The molecule has 0 amide bonds. The van der Waals surface area contributed by atoms with Crippen LogP contribution < -0.4 is 4.72 Å². The lowest BCUT2D eigenvalue weighted by Crippen LogP contribution is -2.34. The number of hydrogen-bond donors (Lipinski definition) is 1. The molecular weight excluding hydrogens is 281 g/mol. The van der Waals surface area contributed by atoms with E-state index >= 15 is 0 Å². The van der Waals surface area contributed by atoms with Crippen LogP contribution in [0.5, 0.6) is 0 Å². The van der Waals surface area contributed by atoms with Crippen LogP contribution in [0.2, 0.25) is 0 Å². The van der Waals surface area contributed by atoms with Gasteiger partial charge in [0.25, 0.3) is 0 Å². The molecule has 6 heteroatoms. The first-order valence-electron chi connectivity index (χ1n) is 6.19. The van der Waals surface area contributed by atoms with E-state index in [0.717, 1.165) is 6.07 Å². The van der Waals surface area contributed by atoms with Gasteiger partial charge >= 0.3 is 0 Å². The zero-order valence-corrected chi connectivity index (χ0v) is 12.1. The van der Waals surface area contributed by atoms with Crippen LogP contribution in [0.15, 0.2) is 45.9 Å². The van der Waals surface area contributed by atoms with Gasteiger partial charge < -0.3 is 4.42 Å². The van der Waals surface area contributed by atoms with Crippen molar-refractivity contribution in [3.63, 3.8) is 0 Å². The molecule has 0 fully saturated rings. The predicted molar refractivity (Wildman–Crippen MR) is 73.3 cm³/mol. The second kappa shape index (κ2) is 5.76. The maximum absolute atomic E-state index is 13.0. The summed E-state index contributed by atoms with van der Waals surface area (Å²) in [6.07, 6.45) is 1.99. The van der Waals surface area contributed by atoms with E-state index in [-0.39, 0.29) is 10.9 Å². The van der Waals surface area contributed by atoms with Crippen molar-refractivity contribution in [3.8, 4) is 0 Å². The van der Waals surface area contributed by atoms with Crippen molar-refractivity contribution in [2.45, 2.75) is 31.2 Å². The summed E-state index contributed by atoms with van der Waals surface area (Å²) >= 11 is 0. The molecule has 1 aromatic carbocycles. The van der Waals surface area contributed by atoms with Gasteiger partial charge in [-0.3, -0.25) is 0 Å². The molecule has 2 rings (SSSR count). The molecular formula is C14H16FNO3S. The third-order valence-corrected chi connectivity index (χ3v) is 4.62. The third kappa shape index (κ3) is 3.46. The maximum atomic E-state index is 13.0. The van der Waals surface area contributed by atoms with E-state index in [1.807, 2.05) is 0 Å². The zero-order valence-electron chi connectivity index (χ0n) is 11.3. The Labute approximate surface area is 117 Å². The van der Waals surface area contributed by atoms with Gasteiger partial charge in [-0.05, 0) is 49.7 Å². The van der Waals surface area contributed by atoms with E-state index in [1.54, 1.807) is 32.2 Å². The van der Waals surface area contributed by atoms with Crippen molar-refractivity contribution < 1.29 is 17.2 Å². The lowest BCUT2D eigenvalue weighted by Gasteiger charge is -2.14. The van der Waals surface area contributed by atoms with Gasteiger partial charge in [0.15, 0.2) is 0 Å². The highest BCUT2D eigenvalue weighted by molar-refractivity contribution is 7.89. The number of sulfonamides is 1. The number of halogens is 1. The monoisotopic (exact) mass is 297 g/mol. The van der Waals surface area contributed by atoms with E-state index < -0.39 is 15.8 Å². The van der Waals surface area contributed by atoms with Crippen LogP contribution in [0.1, 0.15) is 18.2 Å². The molecule has 1 N–H and O–H groups in total. The molecule has 2 aromatic rings. The SMILES string of the molecule is Cc1cc(F)ccc1S(=O)(=O)NC(C)Cc1ccco1. The number of nitrogens with one attached hydrogen (secondary N) is 1. The van der Waals surface area contributed by atoms with Gasteiger partial charge in [0.1, 0.15) is 11.6 Å². The lowest BCUT2D eigenvalue weighted by molar-refractivity contribution is 0.479. The Hall–Kier alpha value is -1.66. The average Bonchev–Trinajstić information content (AvgIpc) is 2.79. The molecule has 1 unspecified atom stereocenters. The lowest BCUT2D eigenvalue weighted by atomic mass is 10.2. The normalized spacial score (nSPS) is 13.3. The molecule has 0 bridgehead atoms. The fourth-order valence-electron chi connectivity index (χ4n) is 2.01. The van der Waals surface area contributed by atoms with E-state index in [9.17, 15) is 12.8 Å². The van der Waals surface area contributed by atoms with Crippen molar-refractivity contribution >= 4 is 10.0 Å². The maximum Gasteiger partial charge on any atom is 0.241 e. The van der Waals surface area contributed by atoms with Gasteiger partial charge in [-0.1, -0.05) is 0 Å². The van der Waals surface area contributed by atoms with Gasteiger partial charge in [-0.2, -0.15) is 0 Å². The van der Waals surface area contributed by atoms with Crippen molar-refractivity contribution in [1.82, 2.24) is 4.72 Å². The van der Waals surface area contributed by atoms with Crippen LogP contribution in [-0.4, -0.2) is 14.5 Å². The van der Waals surface area contributed by atoms with E-state index in [1.165, 1.54) is 12.1 Å². The summed E-state index contributed by atoms with van der Waals surface area (Å²) in [5.41, 5.74) is 0.377. The minimum atomic E-state index is -3.67. The van der Waals surface area contributed by atoms with Crippen LogP contribution in [0.3, 0.4) is 0 Å². The van der Waals surface area contributed by atoms with Gasteiger partial charge in [0.05, 0.1) is 11.2 Å². The first kappa shape index (κ1) is 14.7. The first-order chi connectivity index (χ1) is 9.38. The Morgan fingerprint density at radius 2 is 2.10 bits per heavy atom. The van der Waals surface area contributed by atoms with Crippen LogP contribution in [0, 0.1) is 12.7 Å². The molecule has 1 aromatic heterocycles. The summed E-state index contributed by atoms with van der Waals surface area (Å²) in [4.78, 5) is 0.0881. The van der Waals surface area contributed by atoms with Crippen LogP contribution >= 0.6 is 0 Å². The minimum Gasteiger partial charge on any atom is -0.469 e. The molecule has 1 heterocycles. The smallest absolute Gasteiger partial charge is 0.241 e. The van der Waals surface area contributed by atoms with Crippen LogP contribution in [0.4, 0.5) is 4.39 Å². The molecule has 0 saturated carbocycles. The molecule has 0 saturated heterocycles. The Morgan fingerprint density at radius 3 is 2.70 bits per heavy atom. The average molecular weight is 297 g/mol. The topological polar surface area (TPSA) is 59.3 Å². The van der Waals surface area contributed by atoms with Crippen LogP contribution in [-0.2, 0) is 16.4 Å². The molecule has 20 heavy (non-hydrogen) atoms. The summed E-state index contributed by atoms with van der Waals surface area (Å²) < 4.78 is 45.2. The van der Waals surface area contributed by atoms with E-state index in [0.29, 0.717) is 17.7 Å². The Morgan fingerprint density at radius 1 is 1.35 bits per heavy atom.